The third kappa shape index (κ3) is 6.76. The van der Waals surface area contributed by atoms with Crippen molar-refractivity contribution < 1.29 is 4.74 Å². The lowest BCUT2D eigenvalue weighted by molar-refractivity contribution is 0.113. The number of hydrogen-bond acceptors (Lipinski definition) is 4. The zero-order valence-electron chi connectivity index (χ0n) is 15.0. The molecule has 0 atom stereocenters. The molecule has 1 aromatic carbocycles. The highest BCUT2D eigenvalue weighted by atomic mass is 35.5. The van der Waals surface area contributed by atoms with Gasteiger partial charge in [0.05, 0.1) is 17.5 Å². The fraction of sp³-hybridized carbons (Fsp3) is 0.529. The molecule has 0 unspecified atom stereocenters. The van der Waals surface area contributed by atoms with E-state index in [1.165, 1.54) is 0 Å². The van der Waals surface area contributed by atoms with Crippen molar-refractivity contribution in [1.82, 2.24) is 14.9 Å². The molecule has 0 aliphatic carbocycles. The van der Waals surface area contributed by atoms with Gasteiger partial charge in [0.1, 0.15) is 12.4 Å². The van der Waals surface area contributed by atoms with E-state index in [-0.39, 0.29) is 35.8 Å². The van der Waals surface area contributed by atoms with Crippen LogP contribution in [0.3, 0.4) is 0 Å². The van der Waals surface area contributed by atoms with Crippen molar-refractivity contribution in [2.24, 2.45) is 5.41 Å². The second-order valence-corrected chi connectivity index (χ2v) is 7.23. The molecule has 0 fully saturated rings. The number of nitrogens with zero attached hydrogens (tertiary/aromatic N) is 2. The standard InChI is InChI=1S/C17H24ClN3O2.2ClH/c1-17(2,3)11-21-15(10-23-8-7-19-4)20-14-6-5-12(18)9-13(14)16(21)22;;/h5-6,9,19H,7-8,10-11H2,1-4H3;2*1H. The summed E-state index contributed by atoms with van der Waals surface area (Å²) >= 11 is 6.03. The number of ether oxygens (including phenoxy) is 1. The summed E-state index contributed by atoms with van der Waals surface area (Å²) in [6.45, 7) is 8.48. The molecular formula is C17H26Cl3N3O2. The fourth-order valence-corrected chi connectivity index (χ4v) is 2.50. The molecule has 2 rings (SSSR count). The number of likely N-dealkylation sites (N-methyl/N-ethyl adjacent to an activating group) is 1. The Balaban J connectivity index is 0.00000288. The maximum Gasteiger partial charge on any atom is 0.261 e. The molecule has 0 aliphatic heterocycles. The zero-order valence-corrected chi connectivity index (χ0v) is 17.4. The third-order valence-electron chi connectivity index (χ3n) is 3.36. The zero-order chi connectivity index (χ0) is 17.0. The molecule has 0 saturated heterocycles. The van der Waals surface area contributed by atoms with Gasteiger partial charge in [-0.05, 0) is 30.7 Å². The Morgan fingerprint density at radius 3 is 2.56 bits per heavy atom. The molecular weight excluding hydrogens is 385 g/mol. The number of hydrogen-bond donors (Lipinski definition) is 1. The molecule has 1 aromatic heterocycles. The van der Waals surface area contributed by atoms with Crippen molar-refractivity contribution in [2.75, 3.05) is 20.2 Å². The average Bonchev–Trinajstić information content (AvgIpc) is 2.47. The van der Waals surface area contributed by atoms with Gasteiger partial charge in [0.2, 0.25) is 0 Å². The van der Waals surface area contributed by atoms with Crippen molar-refractivity contribution in [3.8, 4) is 0 Å². The van der Waals surface area contributed by atoms with Crippen LogP contribution in [0.15, 0.2) is 23.0 Å². The normalized spacial score (nSPS) is 11.1. The summed E-state index contributed by atoms with van der Waals surface area (Å²) in [6, 6.07) is 5.20. The Kier molecular flexibility index (Phi) is 9.98. The molecule has 1 N–H and O–H groups in total. The number of benzene rings is 1. The fourth-order valence-electron chi connectivity index (χ4n) is 2.32. The number of nitrogens with one attached hydrogen (secondary N) is 1. The Morgan fingerprint density at radius 2 is 1.96 bits per heavy atom. The summed E-state index contributed by atoms with van der Waals surface area (Å²) in [5.74, 6) is 0.649. The van der Waals surface area contributed by atoms with Gasteiger partial charge in [-0.2, -0.15) is 0 Å². The predicted molar refractivity (Wildman–Crippen MR) is 109 cm³/mol. The maximum absolute atomic E-state index is 12.9. The van der Waals surface area contributed by atoms with Crippen molar-refractivity contribution in [1.29, 1.82) is 0 Å². The number of aromatic nitrogens is 2. The highest BCUT2D eigenvalue weighted by Crippen LogP contribution is 2.19. The van der Waals surface area contributed by atoms with E-state index in [0.717, 1.165) is 6.54 Å². The second-order valence-electron chi connectivity index (χ2n) is 6.80. The first-order chi connectivity index (χ1) is 10.8. The Morgan fingerprint density at radius 1 is 1.28 bits per heavy atom. The van der Waals surface area contributed by atoms with Gasteiger partial charge in [-0.1, -0.05) is 32.4 Å². The quantitative estimate of drug-likeness (QED) is 0.738. The van der Waals surface area contributed by atoms with Gasteiger partial charge in [0.15, 0.2) is 0 Å². The number of fused-ring (bicyclic) bond motifs is 1. The highest BCUT2D eigenvalue weighted by molar-refractivity contribution is 6.31. The molecule has 5 nitrogen and oxygen atoms in total. The SMILES string of the molecule is CNCCOCc1nc2ccc(Cl)cc2c(=O)n1CC(C)(C)C.Cl.Cl. The van der Waals surface area contributed by atoms with Crippen molar-refractivity contribution in [3.63, 3.8) is 0 Å². The maximum atomic E-state index is 12.9. The van der Waals surface area contributed by atoms with Crippen LogP contribution < -0.4 is 10.9 Å². The number of rotatable bonds is 6. The van der Waals surface area contributed by atoms with Crippen molar-refractivity contribution >= 4 is 47.3 Å². The lowest BCUT2D eigenvalue weighted by Gasteiger charge is -2.22. The van der Waals surface area contributed by atoms with Gasteiger partial charge in [-0.15, -0.1) is 24.8 Å². The minimum absolute atomic E-state index is 0. The molecule has 0 amide bonds. The summed E-state index contributed by atoms with van der Waals surface area (Å²) in [7, 11) is 1.87. The van der Waals surface area contributed by atoms with E-state index >= 15 is 0 Å². The molecule has 25 heavy (non-hydrogen) atoms. The summed E-state index contributed by atoms with van der Waals surface area (Å²) in [6.07, 6.45) is 0. The van der Waals surface area contributed by atoms with Crippen LogP contribution in [0.1, 0.15) is 26.6 Å². The van der Waals surface area contributed by atoms with Crippen LogP contribution in [0, 0.1) is 5.41 Å². The van der Waals surface area contributed by atoms with Crippen molar-refractivity contribution in [3.05, 3.63) is 39.4 Å². The van der Waals surface area contributed by atoms with E-state index in [0.29, 0.717) is 41.5 Å². The van der Waals surface area contributed by atoms with Crippen LogP contribution in [-0.4, -0.2) is 29.8 Å². The van der Waals surface area contributed by atoms with E-state index in [9.17, 15) is 4.79 Å². The molecule has 0 bridgehead atoms. The largest absolute Gasteiger partial charge is 0.372 e. The molecule has 8 heteroatoms. The minimum Gasteiger partial charge on any atom is -0.372 e. The van der Waals surface area contributed by atoms with E-state index in [4.69, 9.17) is 16.3 Å². The van der Waals surface area contributed by atoms with Crippen LogP contribution in [-0.2, 0) is 17.9 Å². The lowest BCUT2D eigenvalue weighted by Crippen LogP contribution is -2.31. The summed E-state index contributed by atoms with van der Waals surface area (Å²) in [5.41, 5.74) is 0.536. The molecule has 0 aliphatic rings. The molecule has 0 radical (unpaired) electrons. The van der Waals surface area contributed by atoms with Crippen molar-refractivity contribution in [2.45, 2.75) is 33.9 Å². The van der Waals surface area contributed by atoms with Crippen LogP contribution in [0.5, 0.6) is 0 Å². The highest BCUT2D eigenvalue weighted by Gasteiger charge is 2.18. The van der Waals surface area contributed by atoms with E-state index in [2.05, 4.69) is 31.1 Å². The summed E-state index contributed by atoms with van der Waals surface area (Å²) < 4.78 is 7.34. The topological polar surface area (TPSA) is 56.1 Å². The molecule has 1 heterocycles. The first kappa shape index (κ1) is 24.1. The van der Waals surface area contributed by atoms with Crippen LogP contribution in [0.25, 0.3) is 10.9 Å². The third-order valence-corrected chi connectivity index (χ3v) is 3.59. The van der Waals surface area contributed by atoms with E-state index < -0.39 is 0 Å². The van der Waals surface area contributed by atoms with E-state index in [1.807, 2.05) is 7.05 Å². The van der Waals surface area contributed by atoms with Crippen LogP contribution >= 0.6 is 36.4 Å². The van der Waals surface area contributed by atoms with Gasteiger partial charge >= 0.3 is 0 Å². The number of halogens is 3. The van der Waals surface area contributed by atoms with Crippen LogP contribution in [0.2, 0.25) is 5.02 Å². The average molecular weight is 411 g/mol. The molecule has 0 saturated carbocycles. The van der Waals surface area contributed by atoms with Gasteiger partial charge in [-0.25, -0.2) is 4.98 Å². The predicted octanol–water partition coefficient (Wildman–Crippen LogP) is 3.68. The summed E-state index contributed by atoms with van der Waals surface area (Å²) in [4.78, 5) is 17.5. The second kappa shape index (κ2) is 10.3. The van der Waals surface area contributed by atoms with Gasteiger partial charge < -0.3 is 10.1 Å². The monoisotopic (exact) mass is 409 g/mol. The smallest absolute Gasteiger partial charge is 0.261 e. The Hall–Kier alpha value is -0.850. The van der Waals surface area contributed by atoms with Crippen LogP contribution in [0.4, 0.5) is 0 Å². The summed E-state index contributed by atoms with van der Waals surface area (Å²) in [5, 5.41) is 4.11. The van der Waals surface area contributed by atoms with E-state index in [1.54, 1.807) is 22.8 Å². The molecule has 142 valence electrons. The Labute approximate surface area is 165 Å². The Bertz CT molecular complexity index is 742. The van der Waals surface area contributed by atoms with Gasteiger partial charge in [0.25, 0.3) is 5.56 Å². The first-order valence-electron chi connectivity index (χ1n) is 7.73. The minimum atomic E-state index is -0.0698. The lowest BCUT2D eigenvalue weighted by atomic mass is 9.96. The molecule has 2 aromatic rings. The van der Waals surface area contributed by atoms with Gasteiger partial charge in [-0.3, -0.25) is 9.36 Å². The van der Waals surface area contributed by atoms with Gasteiger partial charge in [0, 0.05) is 18.1 Å². The first-order valence-corrected chi connectivity index (χ1v) is 8.11. The molecule has 0 spiro atoms.